The zero-order valence-electron chi connectivity index (χ0n) is 8.44. The van der Waals surface area contributed by atoms with Gasteiger partial charge >= 0.3 is 0 Å². The molecule has 0 rings (SSSR count). The first-order chi connectivity index (χ1) is 5.77. The monoisotopic (exact) mass is 196 g/mol. The summed E-state index contributed by atoms with van der Waals surface area (Å²) >= 11 is 0. The van der Waals surface area contributed by atoms with Gasteiger partial charge in [-0.05, 0) is 27.2 Å². The molecule has 0 atom stereocenters. The fraction of sp³-hybridized carbons (Fsp3) is 1.00. The Hall–Kier alpha value is -0.220. The number of halogens is 2. The standard InChI is InChI=1S/C9H18F2O2/c1-8(2,7-12)13-6-4-5-9(3,10)11/h12H,4-7H2,1-3H3. The highest BCUT2D eigenvalue weighted by Gasteiger charge is 2.21. The highest BCUT2D eigenvalue weighted by molar-refractivity contribution is 4.66. The Morgan fingerprint density at radius 1 is 1.23 bits per heavy atom. The molecule has 0 fully saturated rings. The molecule has 0 aliphatic rings. The van der Waals surface area contributed by atoms with Crippen LogP contribution < -0.4 is 0 Å². The van der Waals surface area contributed by atoms with E-state index in [0.29, 0.717) is 6.42 Å². The van der Waals surface area contributed by atoms with Gasteiger partial charge in [0.05, 0.1) is 12.2 Å². The van der Waals surface area contributed by atoms with Crippen LogP contribution in [0.5, 0.6) is 0 Å². The fourth-order valence-electron chi connectivity index (χ4n) is 0.777. The van der Waals surface area contributed by atoms with Crippen molar-refractivity contribution in [3.8, 4) is 0 Å². The second kappa shape index (κ2) is 4.86. The smallest absolute Gasteiger partial charge is 0.245 e. The third kappa shape index (κ3) is 8.12. The zero-order valence-corrected chi connectivity index (χ0v) is 8.44. The molecule has 4 heteroatoms. The lowest BCUT2D eigenvalue weighted by molar-refractivity contribution is -0.0641. The molecule has 0 aromatic heterocycles. The predicted octanol–water partition coefficient (Wildman–Crippen LogP) is 2.21. The van der Waals surface area contributed by atoms with Gasteiger partial charge in [0, 0.05) is 13.0 Å². The molecule has 0 amide bonds. The first kappa shape index (κ1) is 12.8. The van der Waals surface area contributed by atoms with Gasteiger partial charge in [-0.1, -0.05) is 0 Å². The lowest BCUT2D eigenvalue weighted by atomic mass is 10.1. The number of hydrogen-bond donors (Lipinski definition) is 1. The summed E-state index contributed by atoms with van der Waals surface area (Å²) in [4.78, 5) is 0. The third-order valence-electron chi connectivity index (χ3n) is 1.63. The van der Waals surface area contributed by atoms with Gasteiger partial charge in [0.1, 0.15) is 0 Å². The van der Waals surface area contributed by atoms with Crippen molar-refractivity contribution in [2.45, 2.75) is 45.1 Å². The maximum Gasteiger partial charge on any atom is 0.245 e. The topological polar surface area (TPSA) is 29.5 Å². The first-order valence-electron chi connectivity index (χ1n) is 4.39. The van der Waals surface area contributed by atoms with E-state index in [1.807, 2.05) is 0 Å². The number of alkyl halides is 2. The van der Waals surface area contributed by atoms with Crippen LogP contribution in [0, 0.1) is 0 Å². The SMILES string of the molecule is CC(F)(F)CCCOC(C)(C)CO. The van der Waals surface area contributed by atoms with Gasteiger partial charge in [0.15, 0.2) is 0 Å². The van der Waals surface area contributed by atoms with E-state index in [2.05, 4.69) is 0 Å². The van der Waals surface area contributed by atoms with Crippen molar-refractivity contribution in [3.05, 3.63) is 0 Å². The lowest BCUT2D eigenvalue weighted by Crippen LogP contribution is -2.29. The fourth-order valence-corrected chi connectivity index (χ4v) is 0.777. The molecule has 1 N–H and O–H groups in total. The molecule has 0 aliphatic carbocycles. The quantitative estimate of drug-likeness (QED) is 0.660. The molecule has 0 bridgehead atoms. The van der Waals surface area contributed by atoms with Gasteiger partial charge in [0.25, 0.3) is 0 Å². The van der Waals surface area contributed by atoms with Gasteiger partial charge in [0.2, 0.25) is 5.92 Å². The van der Waals surface area contributed by atoms with E-state index in [-0.39, 0.29) is 19.6 Å². The van der Waals surface area contributed by atoms with Crippen molar-refractivity contribution in [2.24, 2.45) is 0 Å². The molecule has 0 unspecified atom stereocenters. The van der Waals surface area contributed by atoms with E-state index in [4.69, 9.17) is 9.84 Å². The molecule has 2 nitrogen and oxygen atoms in total. The van der Waals surface area contributed by atoms with Crippen LogP contribution in [0.15, 0.2) is 0 Å². The summed E-state index contributed by atoms with van der Waals surface area (Å²) < 4.78 is 29.8. The van der Waals surface area contributed by atoms with Gasteiger partial charge < -0.3 is 9.84 Å². The number of aliphatic hydroxyl groups excluding tert-OH is 1. The van der Waals surface area contributed by atoms with Gasteiger partial charge in [-0.2, -0.15) is 0 Å². The van der Waals surface area contributed by atoms with E-state index in [1.54, 1.807) is 13.8 Å². The van der Waals surface area contributed by atoms with E-state index in [9.17, 15) is 8.78 Å². The summed E-state index contributed by atoms with van der Waals surface area (Å²) in [6.07, 6.45) is 0.140. The van der Waals surface area contributed by atoms with Crippen molar-refractivity contribution in [2.75, 3.05) is 13.2 Å². The van der Waals surface area contributed by atoms with Crippen molar-refractivity contribution in [3.63, 3.8) is 0 Å². The molecule has 80 valence electrons. The van der Waals surface area contributed by atoms with Crippen LogP contribution in [-0.4, -0.2) is 29.8 Å². The van der Waals surface area contributed by atoms with Crippen LogP contribution in [0.4, 0.5) is 8.78 Å². The van der Waals surface area contributed by atoms with E-state index in [0.717, 1.165) is 6.92 Å². The minimum absolute atomic E-state index is 0.102. The molecule has 0 saturated heterocycles. The Morgan fingerprint density at radius 2 is 1.77 bits per heavy atom. The summed E-state index contributed by atoms with van der Waals surface area (Å²) in [6, 6.07) is 0. The first-order valence-corrected chi connectivity index (χ1v) is 4.39. The summed E-state index contributed by atoms with van der Waals surface area (Å²) in [5.41, 5.74) is -0.622. The van der Waals surface area contributed by atoms with Crippen LogP contribution in [-0.2, 0) is 4.74 Å². The summed E-state index contributed by atoms with van der Waals surface area (Å²) in [5.74, 6) is -2.62. The Balaban J connectivity index is 3.47. The van der Waals surface area contributed by atoms with Crippen molar-refractivity contribution in [1.29, 1.82) is 0 Å². The van der Waals surface area contributed by atoms with Crippen LogP contribution in [0.1, 0.15) is 33.6 Å². The molecular weight excluding hydrogens is 178 g/mol. The Labute approximate surface area is 77.9 Å². The lowest BCUT2D eigenvalue weighted by Gasteiger charge is -2.22. The van der Waals surface area contributed by atoms with Gasteiger partial charge in [-0.3, -0.25) is 0 Å². The van der Waals surface area contributed by atoms with E-state index >= 15 is 0 Å². The molecule has 0 aromatic rings. The Kier molecular flexibility index (Phi) is 4.78. The number of ether oxygens (including phenoxy) is 1. The third-order valence-corrected chi connectivity index (χ3v) is 1.63. The minimum Gasteiger partial charge on any atom is -0.393 e. The van der Waals surface area contributed by atoms with Crippen molar-refractivity contribution in [1.82, 2.24) is 0 Å². The molecule has 0 aliphatic heterocycles. The summed E-state index contributed by atoms with van der Waals surface area (Å²) in [7, 11) is 0. The molecule has 0 radical (unpaired) electrons. The normalized spacial score (nSPS) is 13.4. The maximum absolute atomic E-state index is 12.3. The molecule has 0 saturated carbocycles. The van der Waals surface area contributed by atoms with Gasteiger partial charge in [-0.15, -0.1) is 0 Å². The molecule has 13 heavy (non-hydrogen) atoms. The molecular formula is C9H18F2O2. The molecule has 0 aromatic carbocycles. The van der Waals surface area contributed by atoms with Crippen LogP contribution in [0.3, 0.4) is 0 Å². The maximum atomic E-state index is 12.3. The van der Waals surface area contributed by atoms with E-state index < -0.39 is 11.5 Å². The van der Waals surface area contributed by atoms with Crippen LogP contribution in [0.2, 0.25) is 0 Å². The number of hydrogen-bond acceptors (Lipinski definition) is 2. The van der Waals surface area contributed by atoms with E-state index in [1.165, 1.54) is 0 Å². The number of rotatable bonds is 6. The second-order valence-electron chi connectivity index (χ2n) is 3.94. The highest BCUT2D eigenvalue weighted by Crippen LogP contribution is 2.19. The second-order valence-corrected chi connectivity index (χ2v) is 3.94. The summed E-state index contributed by atoms with van der Waals surface area (Å²) in [6.45, 7) is 4.49. The predicted molar refractivity (Wildman–Crippen MR) is 47.0 cm³/mol. The minimum atomic E-state index is -2.62. The van der Waals surface area contributed by atoms with Crippen LogP contribution >= 0.6 is 0 Å². The van der Waals surface area contributed by atoms with Crippen molar-refractivity contribution < 1.29 is 18.6 Å². The average molecular weight is 196 g/mol. The average Bonchev–Trinajstić information content (AvgIpc) is 1.97. The van der Waals surface area contributed by atoms with Crippen molar-refractivity contribution >= 4 is 0 Å². The van der Waals surface area contributed by atoms with Gasteiger partial charge in [-0.25, -0.2) is 8.78 Å². The number of aliphatic hydroxyl groups is 1. The molecule has 0 heterocycles. The molecule has 0 spiro atoms. The zero-order chi connectivity index (χ0) is 10.5. The Morgan fingerprint density at radius 3 is 2.15 bits per heavy atom. The Bertz CT molecular complexity index is 141. The largest absolute Gasteiger partial charge is 0.393 e. The highest BCUT2D eigenvalue weighted by atomic mass is 19.3. The summed E-state index contributed by atoms with van der Waals surface area (Å²) in [5, 5.41) is 8.78. The van der Waals surface area contributed by atoms with Crippen LogP contribution in [0.25, 0.3) is 0 Å².